The molecule has 0 saturated heterocycles. The van der Waals surface area contributed by atoms with Crippen molar-refractivity contribution in [1.82, 2.24) is 9.78 Å². The van der Waals surface area contributed by atoms with Crippen LogP contribution in [0.3, 0.4) is 0 Å². The highest BCUT2D eigenvalue weighted by Gasteiger charge is 2.32. The molecule has 0 amide bonds. The van der Waals surface area contributed by atoms with Gasteiger partial charge in [0, 0.05) is 6.07 Å². The van der Waals surface area contributed by atoms with Crippen molar-refractivity contribution in [2.45, 2.75) is 12.7 Å². The van der Waals surface area contributed by atoms with E-state index in [1.54, 1.807) is 6.07 Å². The number of nitrogens with one attached hydrogen (secondary N) is 1. The Morgan fingerprint density at radius 2 is 1.94 bits per heavy atom. The number of nitrogens with zero attached hydrogens (tertiary/aromatic N) is 1. The predicted octanol–water partition coefficient (Wildman–Crippen LogP) is 3.75. The molecule has 1 aromatic carbocycles. The van der Waals surface area contributed by atoms with Crippen LogP contribution in [0.5, 0.6) is 0 Å². The van der Waals surface area contributed by atoms with Crippen molar-refractivity contribution in [3.63, 3.8) is 0 Å². The van der Waals surface area contributed by atoms with Gasteiger partial charge in [0.25, 0.3) is 0 Å². The number of hydrogen-bond acceptors (Lipinski definition) is 1. The maximum Gasteiger partial charge on any atom is 0.432 e. The molecule has 0 aliphatic heterocycles. The van der Waals surface area contributed by atoms with Crippen LogP contribution in [-0.2, 0) is 12.7 Å². The summed E-state index contributed by atoms with van der Waals surface area (Å²) in [6.45, 7) is 0.0622. The average Bonchev–Trinajstić information content (AvgIpc) is 2.60. The third-order valence-electron chi connectivity index (χ3n) is 2.32. The van der Waals surface area contributed by atoms with Crippen molar-refractivity contribution in [2.75, 3.05) is 0 Å². The molecule has 2 rings (SSSR count). The molecule has 1 heterocycles. The van der Waals surface area contributed by atoms with Gasteiger partial charge >= 0.3 is 6.18 Å². The second-order valence-corrected chi connectivity index (χ2v) is 4.14. The first-order valence-electron chi connectivity index (χ1n) is 4.98. The van der Waals surface area contributed by atoms with Gasteiger partial charge in [0.15, 0.2) is 0 Å². The maximum atomic E-state index is 12.9. The van der Waals surface area contributed by atoms with Crippen LogP contribution in [-0.4, -0.2) is 9.78 Å². The molecular weight excluding hydrogens is 268 g/mol. The Balaban J connectivity index is 2.30. The van der Waals surface area contributed by atoms with Crippen LogP contribution >= 0.6 is 12.2 Å². The highest BCUT2D eigenvalue weighted by molar-refractivity contribution is 7.71. The summed E-state index contributed by atoms with van der Waals surface area (Å²) in [5.41, 5.74) is -0.384. The van der Waals surface area contributed by atoms with Crippen LogP contribution in [0.2, 0.25) is 0 Å². The molecule has 0 bridgehead atoms. The number of aromatic amines is 1. The lowest BCUT2D eigenvalue weighted by Crippen LogP contribution is -2.08. The summed E-state index contributed by atoms with van der Waals surface area (Å²) in [4.78, 5) is 0. The second-order valence-electron chi connectivity index (χ2n) is 3.72. The molecule has 1 aromatic heterocycles. The van der Waals surface area contributed by atoms with Crippen molar-refractivity contribution >= 4 is 12.2 Å². The summed E-state index contributed by atoms with van der Waals surface area (Å²) in [5, 5.41) is 2.15. The highest BCUT2D eigenvalue weighted by Crippen LogP contribution is 2.27. The van der Waals surface area contributed by atoms with E-state index in [0.29, 0.717) is 5.56 Å². The molecule has 1 N–H and O–H groups in total. The smallest absolute Gasteiger partial charge is 0.293 e. The Morgan fingerprint density at radius 3 is 2.50 bits per heavy atom. The fourth-order valence-corrected chi connectivity index (χ4v) is 1.74. The number of H-pyrrole nitrogens is 1. The maximum absolute atomic E-state index is 12.9. The van der Waals surface area contributed by atoms with E-state index in [2.05, 4.69) is 5.10 Å². The summed E-state index contributed by atoms with van der Waals surface area (Å²) < 4.78 is 51.4. The number of halogens is 4. The fraction of sp³-hybridized carbons (Fsp3) is 0.182. The van der Waals surface area contributed by atoms with E-state index in [4.69, 9.17) is 12.2 Å². The summed E-state index contributed by atoms with van der Waals surface area (Å²) in [6.07, 6.45) is -4.47. The quantitative estimate of drug-likeness (QED) is 0.654. The van der Waals surface area contributed by atoms with E-state index in [0.717, 1.165) is 10.7 Å². The standard InChI is InChI=1S/C11H8F4N2S/c12-8-3-1-2-7(4-8)6-17-10(18)5-9(16-17)11(13,14)15/h1-5,16H,6H2. The third kappa shape index (κ3) is 2.79. The monoisotopic (exact) mass is 276 g/mol. The molecule has 96 valence electrons. The Kier molecular flexibility index (Phi) is 3.25. The number of hydrogen-bond donors (Lipinski definition) is 1. The minimum absolute atomic E-state index is 0.0200. The lowest BCUT2D eigenvalue weighted by atomic mass is 10.2. The van der Waals surface area contributed by atoms with Gasteiger partial charge in [-0.05, 0) is 17.7 Å². The van der Waals surface area contributed by atoms with Crippen molar-refractivity contribution in [1.29, 1.82) is 0 Å². The minimum Gasteiger partial charge on any atom is -0.293 e. The molecule has 0 aliphatic rings. The minimum atomic E-state index is -4.47. The van der Waals surface area contributed by atoms with E-state index in [1.807, 2.05) is 0 Å². The van der Waals surface area contributed by atoms with E-state index >= 15 is 0 Å². The molecule has 2 nitrogen and oxygen atoms in total. The second kappa shape index (κ2) is 4.56. The SMILES string of the molecule is Fc1cccc(Cn2[nH]c(C(F)(F)F)cc2=S)c1. The van der Waals surface area contributed by atoms with Gasteiger partial charge in [-0.25, -0.2) is 4.39 Å². The van der Waals surface area contributed by atoms with Crippen molar-refractivity contribution < 1.29 is 17.6 Å². The molecule has 0 radical (unpaired) electrons. The number of benzene rings is 1. The normalized spacial score (nSPS) is 11.8. The Morgan fingerprint density at radius 1 is 1.22 bits per heavy atom. The number of rotatable bonds is 2. The molecule has 0 spiro atoms. The van der Waals surface area contributed by atoms with Gasteiger partial charge in [0.1, 0.15) is 16.2 Å². The van der Waals surface area contributed by atoms with Gasteiger partial charge < -0.3 is 0 Å². The zero-order valence-electron chi connectivity index (χ0n) is 8.96. The van der Waals surface area contributed by atoms with Crippen LogP contribution in [0.4, 0.5) is 17.6 Å². The lowest BCUT2D eigenvalue weighted by molar-refractivity contribution is -0.141. The Hall–Kier alpha value is -1.63. The van der Waals surface area contributed by atoms with E-state index < -0.39 is 17.7 Å². The van der Waals surface area contributed by atoms with Gasteiger partial charge in [0.2, 0.25) is 0 Å². The molecule has 18 heavy (non-hydrogen) atoms. The first-order chi connectivity index (χ1) is 8.36. The van der Waals surface area contributed by atoms with E-state index in [-0.39, 0.29) is 11.2 Å². The number of aromatic nitrogens is 2. The Labute approximate surface area is 105 Å². The van der Waals surface area contributed by atoms with Crippen molar-refractivity contribution in [3.05, 3.63) is 52.0 Å². The zero-order chi connectivity index (χ0) is 13.3. The molecule has 0 aliphatic carbocycles. The van der Waals surface area contributed by atoms with Crippen molar-refractivity contribution in [2.24, 2.45) is 0 Å². The van der Waals surface area contributed by atoms with Gasteiger partial charge in [-0.3, -0.25) is 9.78 Å². The Bertz CT molecular complexity index is 612. The summed E-state index contributed by atoms with van der Waals surface area (Å²) in [5.74, 6) is -0.443. The molecule has 0 unspecified atom stereocenters. The first kappa shape index (κ1) is 12.8. The largest absolute Gasteiger partial charge is 0.432 e. The van der Waals surface area contributed by atoms with Crippen LogP contribution < -0.4 is 0 Å². The van der Waals surface area contributed by atoms with Gasteiger partial charge in [-0.2, -0.15) is 13.2 Å². The first-order valence-corrected chi connectivity index (χ1v) is 5.38. The molecule has 2 aromatic rings. The molecule has 0 atom stereocenters. The predicted molar refractivity (Wildman–Crippen MR) is 60.1 cm³/mol. The van der Waals surface area contributed by atoms with E-state index in [9.17, 15) is 17.6 Å². The fourth-order valence-electron chi connectivity index (χ4n) is 1.51. The van der Waals surface area contributed by atoms with Gasteiger partial charge in [0.05, 0.1) is 6.54 Å². The molecule has 0 fully saturated rings. The average molecular weight is 276 g/mol. The number of alkyl halides is 3. The molecule has 0 saturated carbocycles. The van der Waals surface area contributed by atoms with Crippen LogP contribution in [0, 0.1) is 10.5 Å². The highest BCUT2D eigenvalue weighted by atomic mass is 32.1. The summed E-state index contributed by atoms with van der Waals surface area (Å²) in [7, 11) is 0. The van der Waals surface area contributed by atoms with Crippen molar-refractivity contribution in [3.8, 4) is 0 Å². The van der Waals surface area contributed by atoms with Crippen LogP contribution in [0.1, 0.15) is 11.3 Å². The lowest BCUT2D eigenvalue weighted by Gasteiger charge is -2.05. The molecular formula is C11H8F4N2S. The zero-order valence-corrected chi connectivity index (χ0v) is 9.78. The van der Waals surface area contributed by atoms with E-state index in [1.165, 1.54) is 18.2 Å². The van der Waals surface area contributed by atoms with Crippen LogP contribution in [0.15, 0.2) is 30.3 Å². The van der Waals surface area contributed by atoms with Gasteiger partial charge in [-0.1, -0.05) is 24.4 Å². The third-order valence-corrected chi connectivity index (χ3v) is 2.66. The topological polar surface area (TPSA) is 20.7 Å². The van der Waals surface area contributed by atoms with Crippen LogP contribution in [0.25, 0.3) is 0 Å². The van der Waals surface area contributed by atoms with Gasteiger partial charge in [-0.15, -0.1) is 0 Å². The summed E-state index contributed by atoms with van der Waals surface area (Å²) in [6, 6.07) is 6.45. The summed E-state index contributed by atoms with van der Waals surface area (Å²) >= 11 is 4.81. The molecule has 7 heteroatoms.